The summed E-state index contributed by atoms with van der Waals surface area (Å²) in [5.74, 6) is 0.283. The first-order valence-corrected chi connectivity index (χ1v) is 12.8. The van der Waals surface area contributed by atoms with Crippen molar-refractivity contribution in [2.75, 3.05) is 18.0 Å². The highest BCUT2D eigenvalue weighted by Crippen LogP contribution is 2.22. The Balaban J connectivity index is 1.36. The number of benzene rings is 3. The van der Waals surface area contributed by atoms with Gasteiger partial charge < -0.3 is 10.2 Å². The highest BCUT2D eigenvalue weighted by molar-refractivity contribution is 5.80. The quantitative estimate of drug-likeness (QED) is 0.422. The topological polar surface area (TPSA) is 67.2 Å². The number of aryl methyl sites for hydroxylation is 1. The van der Waals surface area contributed by atoms with Crippen molar-refractivity contribution in [3.63, 3.8) is 0 Å². The number of aromatic nitrogens is 2. The monoisotopic (exact) mass is 480 g/mol. The van der Waals surface area contributed by atoms with Gasteiger partial charge in [-0.05, 0) is 48.1 Å². The van der Waals surface area contributed by atoms with Crippen LogP contribution in [0.2, 0.25) is 0 Å². The molecule has 3 aromatic carbocycles. The molecule has 1 atom stereocenters. The van der Waals surface area contributed by atoms with Gasteiger partial charge in [-0.15, -0.1) is 0 Å². The molecule has 0 spiro atoms. The number of rotatable bonds is 7. The molecule has 1 aliphatic rings. The molecule has 1 N–H and O–H groups in total. The maximum absolute atomic E-state index is 13.7. The zero-order chi connectivity index (χ0) is 24.9. The predicted molar refractivity (Wildman–Crippen MR) is 144 cm³/mol. The second-order valence-electron chi connectivity index (χ2n) is 9.47. The molecule has 5 rings (SSSR count). The van der Waals surface area contributed by atoms with Gasteiger partial charge in [0.2, 0.25) is 5.91 Å². The Morgan fingerprint density at radius 1 is 0.944 bits per heavy atom. The number of hydrogen-bond donors (Lipinski definition) is 1. The fourth-order valence-corrected chi connectivity index (χ4v) is 4.92. The molecule has 184 valence electrons. The number of anilines is 1. The molecule has 36 heavy (non-hydrogen) atoms. The van der Waals surface area contributed by atoms with E-state index in [1.54, 1.807) is 4.57 Å². The van der Waals surface area contributed by atoms with Crippen molar-refractivity contribution < 1.29 is 4.79 Å². The third-order valence-corrected chi connectivity index (χ3v) is 7.01. The molecule has 1 unspecified atom stereocenters. The Morgan fingerprint density at radius 2 is 1.67 bits per heavy atom. The summed E-state index contributed by atoms with van der Waals surface area (Å²) in [4.78, 5) is 33.5. The number of piperidine rings is 1. The first-order valence-electron chi connectivity index (χ1n) is 12.8. The molecule has 6 nitrogen and oxygen atoms in total. The van der Waals surface area contributed by atoms with Gasteiger partial charge in [-0.3, -0.25) is 14.2 Å². The minimum absolute atomic E-state index is 0.0321. The number of hydrogen-bond acceptors (Lipinski definition) is 4. The van der Waals surface area contributed by atoms with Crippen LogP contribution in [-0.4, -0.2) is 28.5 Å². The summed E-state index contributed by atoms with van der Waals surface area (Å²) in [6.45, 7) is 4.33. The van der Waals surface area contributed by atoms with Gasteiger partial charge in [0.25, 0.3) is 5.56 Å². The molecule has 1 saturated heterocycles. The van der Waals surface area contributed by atoms with Crippen molar-refractivity contribution in [3.05, 3.63) is 106 Å². The maximum Gasteiger partial charge on any atom is 0.294 e. The summed E-state index contributed by atoms with van der Waals surface area (Å²) >= 11 is 0. The lowest BCUT2D eigenvalue weighted by atomic mass is 9.97. The van der Waals surface area contributed by atoms with Gasteiger partial charge in [0.05, 0.1) is 23.5 Å². The molecule has 4 aromatic rings. The minimum Gasteiger partial charge on any atom is -0.352 e. The number of carbonyl (C=O) groups is 1. The molecule has 0 saturated carbocycles. The Hall–Kier alpha value is -3.93. The van der Waals surface area contributed by atoms with E-state index >= 15 is 0 Å². The third kappa shape index (κ3) is 5.18. The molecule has 0 bridgehead atoms. The Labute approximate surface area is 211 Å². The van der Waals surface area contributed by atoms with E-state index in [0.717, 1.165) is 41.4 Å². The number of fused-ring (bicyclic) bond motifs is 1. The lowest BCUT2D eigenvalue weighted by molar-refractivity contribution is -0.125. The number of nitrogens with zero attached hydrogens (tertiary/aromatic N) is 3. The molecule has 2 heterocycles. The van der Waals surface area contributed by atoms with Crippen molar-refractivity contribution in [1.82, 2.24) is 14.9 Å². The van der Waals surface area contributed by atoms with Crippen LogP contribution in [0, 0.1) is 5.92 Å². The zero-order valence-corrected chi connectivity index (χ0v) is 20.7. The molecule has 6 heteroatoms. The lowest BCUT2D eigenvalue weighted by Gasteiger charge is -2.32. The molecule has 0 radical (unpaired) electrons. The maximum atomic E-state index is 13.7. The molecule has 1 aromatic heterocycles. The molecule has 1 fully saturated rings. The molecule has 0 aliphatic carbocycles. The second kappa shape index (κ2) is 10.8. The first kappa shape index (κ1) is 23.8. The van der Waals surface area contributed by atoms with Crippen molar-refractivity contribution in [3.8, 4) is 0 Å². The molecule has 1 aliphatic heterocycles. The average molecular weight is 481 g/mol. The van der Waals surface area contributed by atoms with Crippen LogP contribution in [0.25, 0.3) is 11.0 Å². The van der Waals surface area contributed by atoms with E-state index < -0.39 is 0 Å². The number of amides is 1. The normalized spacial score (nSPS) is 15.7. The summed E-state index contributed by atoms with van der Waals surface area (Å²) in [5, 5.41) is 3.10. The molecular weight excluding hydrogens is 448 g/mol. The summed E-state index contributed by atoms with van der Waals surface area (Å²) in [6, 6.07) is 26.1. The van der Waals surface area contributed by atoms with Crippen LogP contribution in [0.4, 0.5) is 5.82 Å². The Kier molecular flexibility index (Phi) is 7.12. The Bertz CT molecular complexity index is 1400. The van der Waals surface area contributed by atoms with E-state index in [9.17, 15) is 9.59 Å². The van der Waals surface area contributed by atoms with E-state index in [2.05, 4.69) is 36.5 Å². The van der Waals surface area contributed by atoms with Crippen molar-refractivity contribution in [2.45, 2.75) is 39.3 Å². The van der Waals surface area contributed by atoms with E-state index in [-0.39, 0.29) is 17.4 Å². The van der Waals surface area contributed by atoms with Crippen LogP contribution in [0.5, 0.6) is 0 Å². The summed E-state index contributed by atoms with van der Waals surface area (Å²) in [5.41, 5.74) is 4.92. The fourth-order valence-electron chi connectivity index (χ4n) is 4.92. The van der Waals surface area contributed by atoms with E-state index in [4.69, 9.17) is 4.98 Å². The summed E-state index contributed by atoms with van der Waals surface area (Å²) in [7, 11) is 0. The number of nitrogens with one attached hydrogen (secondary N) is 1. The van der Waals surface area contributed by atoms with Crippen molar-refractivity contribution in [1.29, 1.82) is 0 Å². The number of carbonyl (C=O) groups excluding carboxylic acids is 1. The second-order valence-corrected chi connectivity index (χ2v) is 9.47. The van der Waals surface area contributed by atoms with Gasteiger partial charge in [0.15, 0.2) is 5.82 Å². The number of para-hydroxylation sites is 2. The Morgan fingerprint density at radius 3 is 2.44 bits per heavy atom. The van der Waals surface area contributed by atoms with Crippen molar-refractivity contribution in [2.24, 2.45) is 5.92 Å². The minimum atomic E-state index is -0.177. The molecule has 1 amide bonds. The van der Waals surface area contributed by atoms with Crippen molar-refractivity contribution >= 4 is 22.8 Å². The van der Waals surface area contributed by atoms with Crippen LogP contribution >= 0.6 is 0 Å². The third-order valence-electron chi connectivity index (χ3n) is 7.01. The summed E-state index contributed by atoms with van der Waals surface area (Å²) in [6.07, 6.45) is 2.65. The lowest BCUT2D eigenvalue weighted by Crippen LogP contribution is -2.45. The van der Waals surface area contributed by atoms with Crippen LogP contribution in [0.3, 0.4) is 0 Å². The van der Waals surface area contributed by atoms with Gasteiger partial charge in [-0.25, -0.2) is 4.98 Å². The van der Waals surface area contributed by atoms with Crippen LogP contribution in [-0.2, 0) is 24.3 Å². The van der Waals surface area contributed by atoms with Gasteiger partial charge >= 0.3 is 0 Å². The molecular formula is C30H32N4O2. The highest BCUT2D eigenvalue weighted by atomic mass is 16.2. The van der Waals surface area contributed by atoms with Crippen LogP contribution in [0.1, 0.15) is 36.5 Å². The van der Waals surface area contributed by atoms with E-state index in [0.29, 0.717) is 32.0 Å². The smallest absolute Gasteiger partial charge is 0.294 e. The van der Waals surface area contributed by atoms with Crippen LogP contribution in [0.15, 0.2) is 83.7 Å². The van der Waals surface area contributed by atoms with Gasteiger partial charge in [0, 0.05) is 19.6 Å². The van der Waals surface area contributed by atoms with Gasteiger partial charge in [-0.1, -0.05) is 73.7 Å². The van der Waals surface area contributed by atoms with Gasteiger partial charge in [0.1, 0.15) is 0 Å². The summed E-state index contributed by atoms with van der Waals surface area (Å²) < 4.78 is 1.80. The SMILES string of the molecule is CCc1ccc(CNC(=O)C2CCCN(c3nc4ccccc4n(Cc4ccccc4)c3=O)C2)cc1. The van der Waals surface area contributed by atoms with Crippen LogP contribution < -0.4 is 15.8 Å². The zero-order valence-electron chi connectivity index (χ0n) is 20.7. The van der Waals surface area contributed by atoms with Gasteiger partial charge in [-0.2, -0.15) is 0 Å². The highest BCUT2D eigenvalue weighted by Gasteiger charge is 2.28. The largest absolute Gasteiger partial charge is 0.352 e. The van der Waals surface area contributed by atoms with E-state index in [1.807, 2.05) is 59.5 Å². The fraction of sp³-hybridized carbons (Fsp3) is 0.300. The predicted octanol–water partition coefficient (Wildman–Crippen LogP) is 4.54. The average Bonchev–Trinajstić information content (AvgIpc) is 2.94. The first-order chi connectivity index (χ1) is 17.6. The van der Waals surface area contributed by atoms with E-state index in [1.165, 1.54) is 5.56 Å². The standard InChI is InChI=1S/C30H32N4O2/c1-2-22-14-16-23(17-15-22)19-31-29(35)25-11-8-18-33(21-25)28-30(36)34(20-24-9-4-3-5-10-24)27-13-7-6-12-26(27)32-28/h3-7,9-10,12-17,25H,2,8,11,18-21H2,1H3,(H,31,35).